The zero-order chi connectivity index (χ0) is 32.1. The minimum atomic E-state index is -4.95. The van der Waals surface area contributed by atoms with Crippen molar-refractivity contribution in [1.82, 2.24) is 8.80 Å². The first-order valence-electron chi connectivity index (χ1n) is 11.8. The van der Waals surface area contributed by atoms with E-state index in [2.05, 4.69) is 0 Å². The van der Waals surface area contributed by atoms with Gasteiger partial charge in [-0.1, -0.05) is 0 Å². The molecule has 0 saturated heterocycles. The van der Waals surface area contributed by atoms with E-state index in [9.17, 15) is 55.8 Å². The highest BCUT2D eigenvalue weighted by Gasteiger charge is 2.24. The van der Waals surface area contributed by atoms with Crippen LogP contribution >= 0.6 is 0 Å². The van der Waals surface area contributed by atoms with Crippen LogP contribution in [0.3, 0.4) is 0 Å². The smallest absolute Gasteiger partial charge is 0.294 e. The Morgan fingerprint density at radius 2 is 0.955 bits per heavy atom. The maximum atomic E-state index is 14.8. The Hall–Kier alpha value is -5.88. The number of nitrogens with zero attached hydrogens (tertiary/aromatic N) is 6. The molecule has 0 unspecified atom stereocenters. The Morgan fingerprint density at radius 1 is 0.614 bits per heavy atom. The molecule has 5 rings (SSSR count). The maximum Gasteiger partial charge on any atom is 0.294 e. The number of benzene rings is 2. The van der Waals surface area contributed by atoms with Crippen LogP contribution in [0.15, 0.2) is 70.7 Å². The zero-order valence-electron chi connectivity index (χ0n) is 21.6. The van der Waals surface area contributed by atoms with Crippen LogP contribution in [0.4, 0.5) is 8.78 Å². The summed E-state index contributed by atoms with van der Waals surface area (Å²) in [5.41, 5.74) is -1.72. The zero-order valence-corrected chi connectivity index (χ0v) is 23.2. The minimum Gasteiger partial charge on any atom is -0.312 e. The molecule has 0 aliphatic rings. The number of hydrogen-bond acceptors (Lipinski definition) is 8. The molecular formula is C28H12F2N6O6S2. The van der Waals surface area contributed by atoms with E-state index in [0.717, 1.165) is 24.3 Å². The van der Waals surface area contributed by atoms with Gasteiger partial charge in [0.15, 0.2) is 0 Å². The van der Waals surface area contributed by atoms with E-state index >= 15 is 0 Å². The molecule has 3 aromatic heterocycles. The first-order chi connectivity index (χ1) is 20.7. The molecule has 12 nitrogen and oxygen atoms in total. The summed E-state index contributed by atoms with van der Waals surface area (Å²) in [5.74, 6) is -2.22. The van der Waals surface area contributed by atoms with Crippen LogP contribution in [-0.2, 0) is 20.2 Å². The first kappa shape index (κ1) is 29.6. The minimum absolute atomic E-state index is 0.0720. The first-order valence-corrected chi connectivity index (χ1v) is 14.7. The molecule has 0 spiro atoms. The van der Waals surface area contributed by atoms with Gasteiger partial charge in [-0.3, -0.25) is 9.11 Å². The molecule has 0 bridgehead atoms. The number of nitriles is 4. The van der Waals surface area contributed by atoms with E-state index in [1.807, 2.05) is 0 Å². The fourth-order valence-electron chi connectivity index (χ4n) is 4.89. The van der Waals surface area contributed by atoms with Gasteiger partial charge in [-0.15, -0.1) is 0 Å². The van der Waals surface area contributed by atoms with E-state index in [4.69, 9.17) is 0 Å². The highest BCUT2D eigenvalue weighted by atomic mass is 32.2. The number of hydrogen-bond donors (Lipinski definition) is 2. The average Bonchev–Trinajstić information content (AvgIpc) is 3.57. The number of fused-ring (bicyclic) bond motifs is 2. The SMILES string of the molecule is N#CC(C#N)=c1ccn2c(-c3cc(F)cc(S(=O)(=O)O)c3)c3c(=C(C#N)C#N)ccn3c(-c3cc(F)cc(S(=O)(=O)O)c3)c12. The Morgan fingerprint density at radius 3 is 1.25 bits per heavy atom. The van der Waals surface area contributed by atoms with Gasteiger partial charge in [0.25, 0.3) is 20.2 Å². The quantitative estimate of drug-likeness (QED) is 0.277. The molecule has 16 heteroatoms. The van der Waals surface area contributed by atoms with Gasteiger partial charge in [-0.2, -0.15) is 37.9 Å². The van der Waals surface area contributed by atoms with Gasteiger partial charge in [0.1, 0.15) is 47.1 Å². The van der Waals surface area contributed by atoms with Gasteiger partial charge in [0, 0.05) is 34.0 Å². The Balaban J connectivity index is 2.21. The molecule has 44 heavy (non-hydrogen) atoms. The van der Waals surface area contributed by atoms with Gasteiger partial charge in [0.2, 0.25) is 0 Å². The van der Waals surface area contributed by atoms with Crippen LogP contribution in [0.25, 0.3) is 44.7 Å². The summed E-state index contributed by atoms with van der Waals surface area (Å²) in [4.78, 5) is -1.70. The van der Waals surface area contributed by atoms with E-state index in [0.29, 0.717) is 12.1 Å². The van der Waals surface area contributed by atoms with Crippen molar-refractivity contribution in [1.29, 1.82) is 21.0 Å². The van der Waals surface area contributed by atoms with Gasteiger partial charge in [-0.25, -0.2) is 8.78 Å². The lowest BCUT2D eigenvalue weighted by Gasteiger charge is -2.17. The van der Waals surface area contributed by atoms with Crippen molar-refractivity contribution in [3.63, 3.8) is 0 Å². The number of halogens is 2. The summed E-state index contributed by atoms with van der Waals surface area (Å²) in [7, 11) is -9.91. The van der Waals surface area contributed by atoms with Crippen LogP contribution in [-0.4, -0.2) is 34.7 Å². The topological polar surface area (TPSA) is 213 Å². The van der Waals surface area contributed by atoms with Crippen molar-refractivity contribution in [3.05, 3.63) is 83.0 Å². The summed E-state index contributed by atoms with van der Waals surface area (Å²) in [6.07, 6.45) is 2.57. The summed E-state index contributed by atoms with van der Waals surface area (Å²) >= 11 is 0. The molecule has 5 aromatic rings. The molecule has 216 valence electrons. The highest BCUT2D eigenvalue weighted by molar-refractivity contribution is 7.86. The van der Waals surface area contributed by atoms with Gasteiger partial charge in [0.05, 0.1) is 32.2 Å². The van der Waals surface area contributed by atoms with E-state index < -0.39 is 52.8 Å². The van der Waals surface area contributed by atoms with E-state index in [1.54, 1.807) is 24.3 Å². The van der Waals surface area contributed by atoms with Crippen LogP contribution in [0.5, 0.6) is 0 Å². The van der Waals surface area contributed by atoms with Crippen molar-refractivity contribution in [3.8, 4) is 46.8 Å². The lowest BCUT2D eigenvalue weighted by molar-refractivity contribution is 0.480. The third-order valence-corrected chi connectivity index (χ3v) is 8.24. The predicted octanol–water partition coefficient (Wildman–Crippen LogP) is 2.69. The summed E-state index contributed by atoms with van der Waals surface area (Å²) in [5, 5.41) is 38.7. The molecule has 2 aromatic carbocycles. The van der Waals surface area contributed by atoms with Crippen LogP contribution in [0, 0.1) is 57.0 Å². The molecule has 0 fully saturated rings. The fraction of sp³-hybridized carbons (Fsp3) is 0. The van der Waals surface area contributed by atoms with Crippen molar-refractivity contribution in [2.75, 3.05) is 0 Å². The summed E-state index contributed by atoms with van der Waals surface area (Å²) < 4.78 is 99.4. The monoisotopic (exact) mass is 630 g/mol. The second-order valence-corrected chi connectivity index (χ2v) is 11.9. The molecule has 2 N–H and O–H groups in total. The Labute approximate surface area is 246 Å². The standard InChI is InChI=1S/C28H12F2N6O6S2/c29-19-5-15(7-21(9-19)43(37,38)39)25-27-23(17(11-31)12-32)1-3-35(27)26(16-6-20(30)10-22(8-16)44(40,41)42)28-24(2-4-36(25)28)18(13-33)14-34/h1-10H,(H,37,38,39)(H,40,41,42). The molecule has 3 heterocycles. The van der Waals surface area contributed by atoms with Crippen molar-refractivity contribution in [2.24, 2.45) is 0 Å². The lowest BCUT2D eigenvalue weighted by Crippen LogP contribution is -2.14. The second kappa shape index (κ2) is 10.4. The Bertz CT molecular complexity index is 2420. The molecule has 0 atom stereocenters. The Kier molecular flexibility index (Phi) is 7.02. The van der Waals surface area contributed by atoms with Crippen LogP contribution in [0.2, 0.25) is 0 Å². The maximum absolute atomic E-state index is 14.8. The van der Waals surface area contributed by atoms with E-state index in [1.165, 1.54) is 33.3 Å². The molecule has 0 saturated carbocycles. The molecule has 0 amide bonds. The van der Waals surface area contributed by atoms with E-state index in [-0.39, 0.29) is 44.0 Å². The molecule has 0 aliphatic heterocycles. The second-order valence-electron chi connectivity index (χ2n) is 9.09. The lowest BCUT2D eigenvalue weighted by atomic mass is 10.0. The number of rotatable bonds is 4. The van der Waals surface area contributed by atoms with Gasteiger partial charge < -0.3 is 8.80 Å². The van der Waals surface area contributed by atoms with Gasteiger partial charge in [-0.05, 0) is 48.5 Å². The third kappa shape index (κ3) is 4.82. The third-order valence-electron chi connectivity index (χ3n) is 6.57. The van der Waals surface area contributed by atoms with Crippen LogP contribution < -0.4 is 10.4 Å². The summed E-state index contributed by atoms with van der Waals surface area (Å²) in [6, 6.07) is 14.1. The van der Waals surface area contributed by atoms with Crippen molar-refractivity contribution >= 4 is 42.4 Å². The van der Waals surface area contributed by atoms with Crippen molar-refractivity contribution in [2.45, 2.75) is 9.79 Å². The fourth-order valence-corrected chi connectivity index (χ4v) is 5.97. The average molecular weight is 631 g/mol. The predicted molar refractivity (Wildman–Crippen MR) is 147 cm³/mol. The molecule has 0 radical (unpaired) electrons. The molecular weight excluding hydrogens is 618 g/mol. The molecule has 0 aliphatic carbocycles. The van der Waals surface area contributed by atoms with Crippen molar-refractivity contribution < 1.29 is 34.7 Å². The van der Waals surface area contributed by atoms with Crippen LogP contribution in [0.1, 0.15) is 0 Å². The largest absolute Gasteiger partial charge is 0.312 e. The highest BCUT2D eigenvalue weighted by Crippen LogP contribution is 2.34. The summed E-state index contributed by atoms with van der Waals surface area (Å²) in [6.45, 7) is 0. The number of aromatic nitrogens is 2. The van der Waals surface area contributed by atoms with Gasteiger partial charge >= 0.3 is 0 Å². The normalized spacial score (nSPS) is 11.5.